The number of rotatable bonds is 7. The highest BCUT2D eigenvalue weighted by Gasteiger charge is 2.13. The van der Waals surface area contributed by atoms with Crippen LogP contribution < -0.4 is 10.6 Å². The highest BCUT2D eigenvalue weighted by molar-refractivity contribution is 7.17. The first-order chi connectivity index (χ1) is 14.1. The van der Waals surface area contributed by atoms with Crippen LogP contribution in [0.5, 0.6) is 0 Å². The van der Waals surface area contributed by atoms with Crippen molar-refractivity contribution in [1.82, 2.24) is 0 Å². The Balaban J connectivity index is 1.64. The van der Waals surface area contributed by atoms with Crippen LogP contribution in [0.15, 0.2) is 60.7 Å². The molecule has 0 bridgehead atoms. The third-order valence-electron chi connectivity index (χ3n) is 3.86. The minimum absolute atomic E-state index is 0.140. The van der Waals surface area contributed by atoms with Crippen LogP contribution in [0.2, 0.25) is 0 Å². The van der Waals surface area contributed by atoms with Crippen LogP contribution in [0.3, 0.4) is 0 Å². The lowest BCUT2D eigenvalue weighted by molar-refractivity contribution is 0.103. The van der Waals surface area contributed by atoms with Gasteiger partial charge in [0.2, 0.25) is 0 Å². The van der Waals surface area contributed by atoms with E-state index in [1.54, 1.807) is 54.6 Å². The molecule has 0 saturated heterocycles. The van der Waals surface area contributed by atoms with Crippen molar-refractivity contribution in [2.45, 2.75) is 0 Å². The third-order valence-corrected chi connectivity index (χ3v) is 4.97. The standard InChI is InChI=1S/C21H19FN2O4S/c1-27-11-12-28-21(26)24-15-6-4-5-14(13-15)23-20(25)19-10-9-18(29-19)16-7-2-3-8-17(16)22/h2-10,13H,11-12H2,1H3,(H,23,25)(H,24,26). The van der Waals surface area contributed by atoms with Gasteiger partial charge in [0.15, 0.2) is 0 Å². The van der Waals surface area contributed by atoms with Gasteiger partial charge in [-0.2, -0.15) is 0 Å². The second-order valence-corrected chi connectivity index (χ2v) is 7.02. The van der Waals surface area contributed by atoms with Crippen LogP contribution in [-0.4, -0.2) is 32.3 Å². The zero-order chi connectivity index (χ0) is 20.6. The van der Waals surface area contributed by atoms with Gasteiger partial charge in [-0.1, -0.05) is 24.3 Å². The van der Waals surface area contributed by atoms with Crippen molar-refractivity contribution in [3.8, 4) is 10.4 Å². The summed E-state index contributed by atoms with van der Waals surface area (Å²) in [6, 6.07) is 16.5. The summed E-state index contributed by atoms with van der Waals surface area (Å²) in [4.78, 5) is 25.3. The predicted octanol–water partition coefficient (Wildman–Crippen LogP) is 5.00. The van der Waals surface area contributed by atoms with Gasteiger partial charge in [0.1, 0.15) is 12.4 Å². The number of halogens is 1. The van der Waals surface area contributed by atoms with E-state index in [1.807, 2.05) is 0 Å². The van der Waals surface area contributed by atoms with E-state index >= 15 is 0 Å². The molecule has 0 atom stereocenters. The highest BCUT2D eigenvalue weighted by Crippen LogP contribution is 2.30. The average Bonchev–Trinajstić information content (AvgIpc) is 3.19. The fraction of sp³-hybridized carbons (Fsp3) is 0.143. The van der Waals surface area contributed by atoms with E-state index in [4.69, 9.17) is 9.47 Å². The maximum atomic E-state index is 13.9. The molecule has 6 nitrogen and oxygen atoms in total. The molecule has 29 heavy (non-hydrogen) atoms. The Hall–Kier alpha value is -3.23. The van der Waals surface area contributed by atoms with Crippen molar-refractivity contribution < 1.29 is 23.5 Å². The van der Waals surface area contributed by atoms with E-state index in [2.05, 4.69) is 10.6 Å². The molecule has 2 N–H and O–H groups in total. The number of hydrogen-bond acceptors (Lipinski definition) is 5. The minimum Gasteiger partial charge on any atom is -0.447 e. The van der Waals surface area contributed by atoms with Crippen LogP contribution in [0.1, 0.15) is 9.67 Å². The zero-order valence-corrected chi connectivity index (χ0v) is 16.4. The predicted molar refractivity (Wildman–Crippen MR) is 111 cm³/mol. The molecule has 0 fully saturated rings. The van der Waals surface area contributed by atoms with Gasteiger partial charge in [-0.15, -0.1) is 11.3 Å². The lowest BCUT2D eigenvalue weighted by atomic mass is 10.2. The average molecular weight is 414 g/mol. The Morgan fingerprint density at radius 1 is 0.966 bits per heavy atom. The van der Waals surface area contributed by atoms with Gasteiger partial charge in [0.05, 0.1) is 11.5 Å². The van der Waals surface area contributed by atoms with Crippen molar-refractivity contribution in [3.63, 3.8) is 0 Å². The smallest absolute Gasteiger partial charge is 0.411 e. The maximum absolute atomic E-state index is 13.9. The van der Waals surface area contributed by atoms with Gasteiger partial charge < -0.3 is 14.8 Å². The fourth-order valence-corrected chi connectivity index (χ4v) is 3.43. The topological polar surface area (TPSA) is 76.7 Å². The number of carbonyl (C=O) groups is 2. The molecule has 0 aliphatic carbocycles. The van der Waals surface area contributed by atoms with Gasteiger partial charge in [-0.05, 0) is 36.4 Å². The van der Waals surface area contributed by atoms with Crippen molar-refractivity contribution in [2.75, 3.05) is 31.0 Å². The van der Waals surface area contributed by atoms with E-state index in [1.165, 1.54) is 24.5 Å². The second-order valence-electron chi connectivity index (χ2n) is 5.93. The van der Waals surface area contributed by atoms with Crippen molar-refractivity contribution >= 4 is 34.7 Å². The molecule has 0 unspecified atom stereocenters. The Bertz CT molecular complexity index is 1010. The largest absolute Gasteiger partial charge is 0.447 e. The van der Waals surface area contributed by atoms with Crippen molar-refractivity contribution in [3.05, 3.63) is 71.4 Å². The maximum Gasteiger partial charge on any atom is 0.411 e. The minimum atomic E-state index is -0.613. The number of anilines is 2. The normalized spacial score (nSPS) is 10.4. The summed E-state index contributed by atoms with van der Waals surface area (Å²) < 4.78 is 23.7. The SMILES string of the molecule is COCCOC(=O)Nc1cccc(NC(=O)c2ccc(-c3ccccc3F)s2)c1. The lowest BCUT2D eigenvalue weighted by Crippen LogP contribution is -2.16. The lowest BCUT2D eigenvalue weighted by Gasteiger charge is -2.09. The van der Waals surface area contributed by atoms with Gasteiger partial charge >= 0.3 is 6.09 Å². The van der Waals surface area contributed by atoms with Gasteiger partial charge in [0.25, 0.3) is 5.91 Å². The first-order valence-corrected chi connectivity index (χ1v) is 9.57. The second kappa shape index (κ2) is 9.81. The summed E-state index contributed by atoms with van der Waals surface area (Å²) in [6.45, 7) is 0.445. The van der Waals surface area contributed by atoms with Gasteiger partial charge in [0, 0.05) is 28.9 Å². The Morgan fingerprint density at radius 2 is 1.72 bits per heavy atom. The first-order valence-electron chi connectivity index (χ1n) is 8.75. The molecule has 0 aliphatic rings. The van der Waals surface area contributed by atoms with E-state index < -0.39 is 6.09 Å². The number of thiophene rings is 1. The summed E-state index contributed by atoms with van der Waals surface area (Å²) >= 11 is 1.20. The van der Waals surface area contributed by atoms with Gasteiger partial charge in [-0.3, -0.25) is 10.1 Å². The molecule has 2 aromatic carbocycles. The molecule has 1 aromatic heterocycles. The summed E-state index contributed by atoms with van der Waals surface area (Å²) in [7, 11) is 1.51. The van der Waals surface area contributed by atoms with E-state index in [0.717, 1.165) is 0 Å². The van der Waals surface area contributed by atoms with Crippen LogP contribution in [0.25, 0.3) is 10.4 Å². The molecule has 2 amide bonds. The highest BCUT2D eigenvalue weighted by atomic mass is 32.1. The Labute approximate surface area is 171 Å². The molecule has 1 heterocycles. The summed E-state index contributed by atoms with van der Waals surface area (Å²) in [5, 5.41) is 5.35. The number of amides is 2. The van der Waals surface area contributed by atoms with E-state index in [-0.39, 0.29) is 18.3 Å². The molecule has 0 saturated carbocycles. The number of hydrogen-bond donors (Lipinski definition) is 2. The molecule has 3 aromatic rings. The molecular weight excluding hydrogens is 395 g/mol. The number of nitrogens with one attached hydrogen (secondary N) is 2. The van der Waals surface area contributed by atoms with E-state index in [0.29, 0.717) is 33.3 Å². The molecule has 8 heteroatoms. The Morgan fingerprint density at radius 3 is 2.48 bits per heavy atom. The number of ether oxygens (including phenoxy) is 2. The quantitative estimate of drug-likeness (QED) is 0.534. The molecule has 150 valence electrons. The first kappa shape index (κ1) is 20.5. The van der Waals surface area contributed by atoms with Crippen LogP contribution in [-0.2, 0) is 9.47 Å². The van der Waals surface area contributed by atoms with Crippen LogP contribution >= 0.6 is 11.3 Å². The summed E-state index contributed by atoms with van der Waals surface area (Å²) in [5.41, 5.74) is 1.43. The van der Waals surface area contributed by atoms with E-state index in [9.17, 15) is 14.0 Å². The van der Waals surface area contributed by atoms with Crippen molar-refractivity contribution in [2.24, 2.45) is 0 Å². The molecular formula is C21H19FN2O4S. The molecule has 0 aliphatic heterocycles. The Kier molecular flexibility index (Phi) is 6.94. The number of benzene rings is 2. The molecule has 3 rings (SSSR count). The van der Waals surface area contributed by atoms with Crippen molar-refractivity contribution in [1.29, 1.82) is 0 Å². The molecule has 0 radical (unpaired) electrons. The zero-order valence-electron chi connectivity index (χ0n) is 15.6. The number of carbonyl (C=O) groups excluding carboxylic acids is 2. The summed E-state index contributed by atoms with van der Waals surface area (Å²) in [5.74, 6) is -0.658. The summed E-state index contributed by atoms with van der Waals surface area (Å²) in [6.07, 6.45) is -0.613. The third kappa shape index (κ3) is 5.63. The van der Waals surface area contributed by atoms with Gasteiger partial charge in [-0.25, -0.2) is 9.18 Å². The number of methoxy groups -OCH3 is 1. The fourth-order valence-electron chi connectivity index (χ4n) is 2.50. The van der Waals surface area contributed by atoms with Crippen LogP contribution in [0.4, 0.5) is 20.6 Å². The monoisotopic (exact) mass is 414 g/mol. The molecule has 0 spiro atoms. The van der Waals surface area contributed by atoms with Crippen LogP contribution in [0, 0.1) is 5.82 Å².